The summed E-state index contributed by atoms with van der Waals surface area (Å²) in [5.74, 6) is 2.07. The summed E-state index contributed by atoms with van der Waals surface area (Å²) < 4.78 is 4.63. The van der Waals surface area contributed by atoms with E-state index in [1.165, 1.54) is 32.4 Å². The second-order valence-corrected chi connectivity index (χ2v) is 9.76. The van der Waals surface area contributed by atoms with E-state index in [2.05, 4.69) is 10.8 Å². The Morgan fingerprint density at radius 1 is 1.00 bits per heavy atom. The topological polar surface area (TPSA) is 63.6 Å². The van der Waals surface area contributed by atoms with Gasteiger partial charge in [-0.3, -0.25) is 4.79 Å². The fraction of sp³-hybridized carbons (Fsp3) is 0.407. The third-order valence-electron chi connectivity index (χ3n) is 7.73. The molecule has 31 heavy (non-hydrogen) atoms. The maximum Gasteiger partial charge on any atom is 0.330 e. The summed E-state index contributed by atoms with van der Waals surface area (Å²) in [6, 6.07) is 11.8. The van der Waals surface area contributed by atoms with Crippen molar-refractivity contribution in [2.24, 2.45) is 17.8 Å². The minimum atomic E-state index is -0.390. The Hall–Kier alpha value is -2.88. The molecule has 0 unspecified atom stereocenters. The van der Waals surface area contributed by atoms with Gasteiger partial charge < -0.3 is 9.84 Å². The van der Waals surface area contributed by atoms with Gasteiger partial charge in [0.15, 0.2) is 6.29 Å². The molecule has 0 aromatic heterocycles. The Morgan fingerprint density at radius 2 is 1.61 bits per heavy atom. The zero-order chi connectivity index (χ0) is 21.6. The number of rotatable bonds is 5. The number of carbonyl (C=O) groups is 2. The Labute approximate surface area is 182 Å². The Kier molecular flexibility index (Phi) is 4.96. The van der Waals surface area contributed by atoms with Crippen LogP contribution in [0.4, 0.5) is 0 Å². The number of methoxy groups -OCH3 is 1. The first-order valence-corrected chi connectivity index (χ1v) is 11.2. The summed E-state index contributed by atoms with van der Waals surface area (Å²) in [5.41, 5.74) is 4.19. The van der Waals surface area contributed by atoms with E-state index in [9.17, 15) is 14.7 Å². The Morgan fingerprint density at radius 3 is 2.16 bits per heavy atom. The summed E-state index contributed by atoms with van der Waals surface area (Å²) in [5, 5.41) is 11.0. The van der Waals surface area contributed by atoms with Gasteiger partial charge >= 0.3 is 5.97 Å². The molecule has 4 aliphatic rings. The fourth-order valence-corrected chi connectivity index (χ4v) is 6.78. The highest BCUT2D eigenvalue weighted by molar-refractivity contribution is 5.87. The molecule has 0 heterocycles. The van der Waals surface area contributed by atoms with Crippen molar-refractivity contribution >= 4 is 18.3 Å². The van der Waals surface area contributed by atoms with Crippen molar-refractivity contribution in [3.63, 3.8) is 0 Å². The molecule has 0 amide bonds. The molecule has 4 heteroatoms. The van der Waals surface area contributed by atoms with E-state index < -0.39 is 5.97 Å². The predicted octanol–water partition coefficient (Wildman–Crippen LogP) is 5.53. The maximum atomic E-state index is 11.8. The standard InChI is InChI=1S/C27H28O4/c1-31-25(29)7-4-17-2-5-21(6-3-17)22-11-23(16-28)26(30)24(12-22)27-13-18-8-19(14-27)10-20(9-18)15-27/h2-7,11-12,16,18-20,30H,8-10,13-15H2,1H3. The summed E-state index contributed by atoms with van der Waals surface area (Å²) in [6.45, 7) is 0. The third-order valence-corrected chi connectivity index (χ3v) is 7.73. The average Bonchev–Trinajstić information content (AvgIpc) is 2.77. The van der Waals surface area contributed by atoms with Gasteiger partial charge in [-0.25, -0.2) is 4.79 Å². The number of aromatic hydroxyl groups is 1. The molecule has 1 N–H and O–H groups in total. The van der Waals surface area contributed by atoms with Crippen LogP contribution in [0.25, 0.3) is 17.2 Å². The molecule has 2 aromatic carbocycles. The number of hydrogen-bond acceptors (Lipinski definition) is 4. The summed E-state index contributed by atoms with van der Waals surface area (Å²) in [7, 11) is 1.35. The van der Waals surface area contributed by atoms with E-state index >= 15 is 0 Å². The van der Waals surface area contributed by atoms with Gasteiger partial charge in [-0.05, 0) is 96.6 Å². The molecule has 0 aliphatic heterocycles. The van der Waals surface area contributed by atoms with Gasteiger partial charge in [0, 0.05) is 11.6 Å². The van der Waals surface area contributed by atoms with Crippen LogP contribution in [0.3, 0.4) is 0 Å². The number of esters is 1. The number of carbonyl (C=O) groups excluding carboxylic acids is 2. The van der Waals surface area contributed by atoms with E-state index in [1.54, 1.807) is 12.1 Å². The van der Waals surface area contributed by atoms with Crippen LogP contribution in [-0.4, -0.2) is 24.5 Å². The van der Waals surface area contributed by atoms with E-state index in [4.69, 9.17) is 0 Å². The van der Waals surface area contributed by atoms with Crippen LogP contribution in [0.5, 0.6) is 5.75 Å². The van der Waals surface area contributed by atoms with Crippen molar-refractivity contribution in [3.8, 4) is 16.9 Å². The number of ether oxygens (including phenoxy) is 1. The zero-order valence-electron chi connectivity index (χ0n) is 17.8. The molecule has 4 aliphatic carbocycles. The van der Waals surface area contributed by atoms with Crippen molar-refractivity contribution in [2.75, 3.05) is 7.11 Å². The van der Waals surface area contributed by atoms with Crippen molar-refractivity contribution in [2.45, 2.75) is 43.9 Å². The van der Waals surface area contributed by atoms with Crippen LogP contribution in [0.15, 0.2) is 42.5 Å². The van der Waals surface area contributed by atoms with Gasteiger partial charge in [-0.15, -0.1) is 0 Å². The molecule has 0 saturated heterocycles. The molecule has 4 saturated carbocycles. The summed E-state index contributed by atoms with van der Waals surface area (Å²) in [6.07, 6.45) is 11.3. The number of phenols is 1. The molecule has 2 aromatic rings. The fourth-order valence-electron chi connectivity index (χ4n) is 6.78. The molecule has 4 nitrogen and oxygen atoms in total. The number of hydrogen-bond donors (Lipinski definition) is 1. The SMILES string of the molecule is COC(=O)C=Cc1ccc(-c2cc(C=O)c(O)c(C34CC5CC(CC(C5)C3)C4)c2)cc1. The zero-order valence-corrected chi connectivity index (χ0v) is 17.8. The smallest absolute Gasteiger partial charge is 0.330 e. The number of aldehydes is 1. The molecule has 0 radical (unpaired) electrons. The first-order valence-electron chi connectivity index (χ1n) is 11.2. The lowest BCUT2D eigenvalue weighted by Gasteiger charge is -2.57. The van der Waals surface area contributed by atoms with Crippen LogP contribution < -0.4 is 0 Å². The van der Waals surface area contributed by atoms with Gasteiger partial charge in [0.25, 0.3) is 0 Å². The lowest BCUT2D eigenvalue weighted by Crippen LogP contribution is -2.48. The highest BCUT2D eigenvalue weighted by Crippen LogP contribution is 2.62. The lowest BCUT2D eigenvalue weighted by atomic mass is 9.48. The predicted molar refractivity (Wildman–Crippen MR) is 120 cm³/mol. The Bertz CT molecular complexity index is 1010. The molecule has 6 rings (SSSR count). The highest BCUT2D eigenvalue weighted by atomic mass is 16.5. The van der Waals surface area contributed by atoms with Crippen LogP contribution in [0.1, 0.15) is 60.0 Å². The van der Waals surface area contributed by atoms with Gasteiger partial charge in [0.05, 0.1) is 12.7 Å². The van der Waals surface area contributed by atoms with E-state index in [0.717, 1.165) is 65.6 Å². The van der Waals surface area contributed by atoms with Crippen molar-refractivity contribution < 1.29 is 19.4 Å². The van der Waals surface area contributed by atoms with Crippen LogP contribution in [0.2, 0.25) is 0 Å². The van der Waals surface area contributed by atoms with Crippen LogP contribution in [0, 0.1) is 17.8 Å². The lowest BCUT2D eigenvalue weighted by molar-refractivity contribution is -0.134. The first kappa shape index (κ1) is 20.0. The molecular formula is C27H28O4. The number of benzene rings is 2. The molecule has 4 bridgehead atoms. The molecule has 4 fully saturated rings. The Balaban J connectivity index is 1.52. The minimum Gasteiger partial charge on any atom is -0.507 e. The monoisotopic (exact) mass is 416 g/mol. The third kappa shape index (κ3) is 3.58. The molecule has 0 atom stereocenters. The van der Waals surface area contributed by atoms with Crippen molar-refractivity contribution in [1.29, 1.82) is 0 Å². The molecule has 0 spiro atoms. The van der Waals surface area contributed by atoms with E-state index in [-0.39, 0.29) is 11.2 Å². The minimum absolute atomic E-state index is 0.00972. The maximum absolute atomic E-state index is 11.8. The molecule has 160 valence electrons. The average molecular weight is 417 g/mol. The largest absolute Gasteiger partial charge is 0.507 e. The first-order chi connectivity index (χ1) is 15.0. The number of phenolic OH excluding ortho intramolecular Hbond substituents is 1. The van der Waals surface area contributed by atoms with Crippen LogP contribution in [-0.2, 0) is 14.9 Å². The van der Waals surface area contributed by atoms with Crippen molar-refractivity contribution in [1.82, 2.24) is 0 Å². The molecular weight excluding hydrogens is 388 g/mol. The van der Waals surface area contributed by atoms with Crippen LogP contribution >= 0.6 is 0 Å². The van der Waals surface area contributed by atoms with Gasteiger partial charge in [-0.1, -0.05) is 24.3 Å². The van der Waals surface area contributed by atoms with Gasteiger partial charge in [-0.2, -0.15) is 0 Å². The quantitative estimate of drug-likeness (QED) is 0.396. The van der Waals surface area contributed by atoms with E-state index in [1.807, 2.05) is 24.3 Å². The van der Waals surface area contributed by atoms with Gasteiger partial charge in [0.2, 0.25) is 0 Å². The highest BCUT2D eigenvalue weighted by Gasteiger charge is 2.52. The van der Waals surface area contributed by atoms with Gasteiger partial charge in [0.1, 0.15) is 5.75 Å². The van der Waals surface area contributed by atoms with Crippen molar-refractivity contribution in [3.05, 3.63) is 59.2 Å². The normalized spacial score (nSPS) is 28.7. The van der Waals surface area contributed by atoms with E-state index in [0.29, 0.717) is 5.56 Å². The second kappa shape index (κ2) is 7.67. The summed E-state index contributed by atoms with van der Waals surface area (Å²) >= 11 is 0. The summed E-state index contributed by atoms with van der Waals surface area (Å²) in [4.78, 5) is 23.1. The second-order valence-electron chi connectivity index (χ2n) is 9.76.